The summed E-state index contributed by atoms with van der Waals surface area (Å²) in [5.41, 5.74) is 5.78. The SMILES string of the molecule is CC[C@@H](CN=C(N)NCCOC)N1CCCC1. The normalized spacial score (nSPS) is 19.5. The summed E-state index contributed by atoms with van der Waals surface area (Å²) >= 11 is 0. The molecule has 0 amide bonds. The minimum Gasteiger partial charge on any atom is -0.383 e. The lowest BCUT2D eigenvalue weighted by molar-refractivity contribution is 0.203. The minimum absolute atomic E-state index is 0.527. The molecule has 0 unspecified atom stereocenters. The van der Waals surface area contributed by atoms with Crippen LogP contribution in [0.3, 0.4) is 0 Å². The Bertz CT molecular complexity index is 227. The Morgan fingerprint density at radius 2 is 2.18 bits per heavy atom. The van der Waals surface area contributed by atoms with Crippen molar-refractivity contribution in [3.8, 4) is 0 Å². The maximum absolute atomic E-state index is 5.78. The number of likely N-dealkylation sites (tertiary alicyclic amines) is 1. The molecule has 0 aromatic rings. The van der Waals surface area contributed by atoms with E-state index in [0.717, 1.165) is 13.0 Å². The van der Waals surface area contributed by atoms with Crippen molar-refractivity contribution in [1.82, 2.24) is 10.2 Å². The van der Waals surface area contributed by atoms with Crippen LogP contribution >= 0.6 is 0 Å². The molecule has 0 aromatic carbocycles. The number of aliphatic imine (C=N–C) groups is 1. The number of rotatable bonds is 7. The third kappa shape index (κ3) is 5.37. The standard InChI is InChI=1S/C12H26N4O/c1-3-11(16-7-4-5-8-16)10-15-12(13)14-6-9-17-2/h11H,3-10H2,1-2H3,(H3,13,14,15)/t11-/m0/s1. The summed E-state index contributed by atoms with van der Waals surface area (Å²) in [6.45, 7) is 6.80. The third-order valence-electron chi connectivity index (χ3n) is 3.21. The summed E-state index contributed by atoms with van der Waals surface area (Å²) in [6.07, 6.45) is 3.78. The average molecular weight is 242 g/mol. The summed E-state index contributed by atoms with van der Waals surface area (Å²) in [4.78, 5) is 6.92. The van der Waals surface area contributed by atoms with Crippen molar-refractivity contribution in [2.24, 2.45) is 10.7 Å². The van der Waals surface area contributed by atoms with Crippen LogP contribution in [0.5, 0.6) is 0 Å². The minimum atomic E-state index is 0.527. The molecule has 0 radical (unpaired) electrons. The van der Waals surface area contributed by atoms with E-state index >= 15 is 0 Å². The number of ether oxygens (including phenoxy) is 1. The van der Waals surface area contributed by atoms with Gasteiger partial charge in [-0.25, -0.2) is 0 Å². The Balaban J connectivity index is 2.27. The van der Waals surface area contributed by atoms with E-state index in [2.05, 4.69) is 22.1 Å². The van der Waals surface area contributed by atoms with Crippen molar-refractivity contribution in [1.29, 1.82) is 0 Å². The van der Waals surface area contributed by atoms with Crippen LogP contribution in [-0.4, -0.2) is 56.8 Å². The van der Waals surface area contributed by atoms with Gasteiger partial charge in [-0.05, 0) is 32.4 Å². The van der Waals surface area contributed by atoms with Crippen LogP contribution in [-0.2, 0) is 4.74 Å². The number of hydrogen-bond acceptors (Lipinski definition) is 3. The summed E-state index contributed by atoms with van der Waals surface area (Å²) in [7, 11) is 1.68. The second-order valence-corrected chi connectivity index (χ2v) is 4.45. The molecule has 0 spiro atoms. The van der Waals surface area contributed by atoms with Crippen molar-refractivity contribution in [3.05, 3.63) is 0 Å². The van der Waals surface area contributed by atoms with E-state index < -0.39 is 0 Å². The predicted octanol–water partition coefficient (Wildman–Crippen LogP) is 0.412. The van der Waals surface area contributed by atoms with Gasteiger partial charge in [0, 0.05) is 19.7 Å². The maximum Gasteiger partial charge on any atom is 0.188 e. The van der Waals surface area contributed by atoms with Gasteiger partial charge in [-0.3, -0.25) is 9.89 Å². The highest BCUT2D eigenvalue weighted by Gasteiger charge is 2.19. The van der Waals surface area contributed by atoms with Gasteiger partial charge in [0.2, 0.25) is 0 Å². The first-order valence-corrected chi connectivity index (χ1v) is 6.54. The molecule has 100 valence electrons. The molecule has 1 rings (SSSR count). The lowest BCUT2D eigenvalue weighted by Crippen LogP contribution is -2.38. The molecule has 1 heterocycles. The van der Waals surface area contributed by atoms with Crippen LogP contribution in [0.15, 0.2) is 4.99 Å². The van der Waals surface area contributed by atoms with E-state index in [1.807, 2.05) is 0 Å². The monoisotopic (exact) mass is 242 g/mol. The molecule has 0 aliphatic carbocycles. The van der Waals surface area contributed by atoms with E-state index in [-0.39, 0.29) is 0 Å². The summed E-state index contributed by atoms with van der Waals surface area (Å²) in [6, 6.07) is 0.542. The summed E-state index contributed by atoms with van der Waals surface area (Å²) in [5, 5.41) is 3.04. The molecule has 1 atom stereocenters. The fourth-order valence-electron chi connectivity index (χ4n) is 2.15. The van der Waals surface area contributed by atoms with Gasteiger partial charge in [-0.15, -0.1) is 0 Å². The van der Waals surface area contributed by atoms with Crippen molar-refractivity contribution in [2.75, 3.05) is 39.9 Å². The lowest BCUT2D eigenvalue weighted by atomic mass is 10.2. The second kappa shape index (κ2) is 8.31. The number of nitrogens with one attached hydrogen (secondary N) is 1. The number of nitrogens with two attached hydrogens (primary N) is 1. The van der Waals surface area contributed by atoms with E-state index in [1.165, 1.54) is 25.9 Å². The van der Waals surface area contributed by atoms with Gasteiger partial charge >= 0.3 is 0 Å². The summed E-state index contributed by atoms with van der Waals surface area (Å²) in [5.74, 6) is 0.527. The molecular formula is C12H26N4O. The molecule has 17 heavy (non-hydrogen) atoms. The molecular weight excluding hydrogens is 216 g/mol. The molecule has 1 aliphatic rings. The number of methoxy groups -OCH3 is 1. The quantitative estimate of drug-likeness (QED) is 0.386. The van der Waals surface area contributed by atoms with Gasteiger partial charge in [0.1, 0.15) is 0 Å². The van der Waals surface area contributed by atoms with Gasteiger partial charge in [-0.1, -0.05) is 6.92 Å². The van der Waals surface area contributed by atoms with Gasteiger partial charge < -0.3 is 15.8 Å². The highest BCUT2D eigenvalue weighted by atomic mass is 16.5. The zero-order valence-electron chi connectivity index (χ0n) is 11.1. The van der Waals surface area contributed by atoms with E-state index in [9.17, 15) is 0 Å². The Hall–Kier alpha value is -0.810. The largest absolute Gasteiger partial charge is 0.383 e. The molecule has 5 heteroatoms. The number of guanidine groups is 1. The first kappa shape index (κ1) is 14.3. The first-order valence-electron chi connectivity index (χ1n) is 6.54. The van der Waals surface area contributed by atoms with Crippen LogP contribution in [0, 0.1) is 0 Å². The van der Waals surface area contributed by atoms with E-state index in [0.29, 0.717) is 25.2 Å². The molecule has 5 nitrogen and oxygen atoms in total. The van der Waals surface area contributed by atoms with Crippen LogP contribution in [0.1, 0.15) is 26.2 Å². The van der Waals surface area contributed by atoms with Crippen molar-refractivity contribution < 1.29 is 4.74 Å². The summed E-state index contributed by atoms with van der Waals surface area (Å²) < 4.78 is 4.94. The number of hydrogen-bond donors (Lipinski definition) is 2. The Morgan fingerprint density at radius 3 is 2.76 bits per heavy atom. The molecule has 0 saturated carbocycles. The predicted molar refractivity (Wildman–Crippen MR) is 71.3 cm³/mol. The molecule has 1 fully saturated rings. The van der Waals surface area contributed by atoms with Gasteiger partial charge in [0.05, 0.1) is 13.2 Å². The van der Waals surface area contributed by atoms with Crippen molar-refractivity contribution in [3.63, 3.8) is 0 Å². The smallest absolute Gasteiger partial charge is 0.188 e. The fraction of sp³-hybridized carbons (Fsp3) is 0.917. The first-order chi connectivity index (χ1) is 8.27. The molecule has 1 aliphatic heterocycles. The highest BCUT2D eigenvalue weighted by molar-refractivity contribution is 5.77. The van der Waals surface area contributed by atoms with Crippen molar-refractivity contribution in [2.45, 2.75) is 32.2 Å². The zero-order chi connectivity index (χ0) is 12.5. The van der Waals surface area contributed by atoms with Gasteiger partial charge in [0.25, 0.3) is 0 Å². The average Bonchev–Trinajstić information content (AvgIpc) is 2.84. The Kier molecular flexibility index (Phi) is 6.96. The molecule has 1 saturated heterocycles. The Labute approximate surface area is 104 Å². The van der Waals surface area contributed by atoms with E-state index in [1.54, 1.807) is 7.11 Å². The Morgan fingerprint density at radius 1 is 1.47 bits per heavy atom. The van der Waals surface area contributed by atoms with Crippen LogP contribution in [0.2, 0.25) is 0 Å². The van der Waals surface area contributed by atoms with Crippen LogP contribution in [0.25, 0.3) is 0 Å². The molecule has 3 N–H and O–H groups in total. The van der Waals surface area contributed by atoms with E-state index in [4.69, 9.17) is 10.5 Å². The van der Waals surface area contributed by atoms with Crippen molar-refractivity contribution >= 4 is 5.96 Å². The van der Waals surface area contributed by atoms with Crippen LogP contribution < -0.4 is 11.1 Å². The van der Waals surface area contributed by atoms with Crippen LogP contribution in [0.4, 0.5) is 0 Å². The zero-order valence-corrected chi connectivity index (χ0v) is 11.1. The van der Waals surface area contributed by atoms with Gasteiger partial charge in [-0.2, -0.15) is 0 Å². The lowest BCUT2D eigenvalue weighted by Gasteiger charge is -2.24. The third-order valence-corrected chi connectivity index (χ3v) is 3.21. The molecule has 0 aromatic heterocycles. The fourth-order valence-corrected chi connectivity index (χ4v) is 2.15. The highest BCUT2D eigenvalue weighted by Crippen LogP contribution is 2.14. The second-order valence-electron chi connectivity index (χ2n) is 4.45. The number of nitrogens with zero attached hydrogens (tertiary/aromatic N) is 2. The molecule has 0 bridgehead atoms. The maximum atomic E-state index is 5.78. The topological polar surface area (TPSA) is 62.9 Å². The van der Waals surface area contributed by atoms with Gasteiger partial charge in [0.15, 0.2) is 5.96 Å².